The minimum atomic E-state index is -0.450. The second-order valence-corrected chi connectivity index (χ2v) is 4.02. The van der Waals surface area contributed by atoms with Crippen molar-refractivity contribution in [1.29, 1.82) is 5.26 Å². The van der Waals surface area contributed by atoms with Gasteiger partial charge in [-0.25, -0.2) is 4.79 Å². The average molecular weight is 286 g/mol. The van der Waals surface area contributed by atoms with Crippen molar-refractivity contribution in [2.24, 2.45) is 0 Å². The molecule has 0 bridgehead atoms. The first-order valence-electron chi connectivity index (χ1n) is 4.19. The van der Waals surface area contributed by atoms with Gasteiger partial charge in [0.1, 0.15) is 6.07 Å². The van der Waals surface area contributed by atoms with Crippen molar-refractivity contribution in [3.8, 4) is 6.07 Å². The van der Waals surface area contributed by atoms with Gasteiger partial charge in [-0.05, 0) is 35.0 Å². The lowest BCUT2D eigenvalue weighted by atomic mass is 10.1. The first-order chi connectivity index (χ1) is 7.10. The Balaban J connectivity index is 3.20. The zero-order chi connectivity index (χ0) is 11.4. The van der Waals surface area contributed by atoms with Crippen LogP contribution in [-0.2, 0) is 4.74 Å². The van der Waals surface area contributed by atoms with E-state index < -0.39 is 5.97 Å². The number of hydrogen-bond acceptors (Lipinski definition) is 4. The van der Waals surface area contributed by atoms with Gasteiger partial charge in [0.15, 0.2) is 0 Å². The van der Waals surface area contributed by atoms with Gasteiger partial charge in [0, 0.05) is 9.37 Å². The predicted molar refractivity (Wildman–Crippen MR) is 62.1 cm³/mol. The Morgan fingerprint density at radius 1 is 1.67 bits per heavy atom. The van der Waals surface area contributed by atoms with Crippen molar-refractivity contribution in [3.05, 3.63) is 27.7 Å². The largest absolute Gasteiger partial charge is 0.462 e. The molecule has 0 saturated heterocycles. The zero-order valence-electron chi connectivity index (χ0n) is 7.95. The SMILES string of the molecule is CCOC(=O)c1cc(C#N)c(S)cc1Br. The molecule has 0 atom stereocenters. The van der Waals surface area contributed by atoms with E-state index in [1.807, 2.05) is 6.07 Å². The van der Waals surface area contributed by atoms with Crippen molar-refractivity contribution in [1.82, 2.24) is 0 Å². The van der Waals surface area contributed by atoms with E-state index in [-0.39, 0.29) is 0 Å². The third-order valence-electron chi connectivity index (χ3n) is 1.70. The van der Waals surface area contributed by atoms with Crippen LogP contribution in [0.2, 0.25) is 0 Å². The van der Waals surface area contributed by atoms with Gasteiger partial charge < -0.3 is 4.74 Å². The van der Waals surface area contributed by atoms with E-state index in [0.29, 0.717) is 27.1 Å². The molecule has 1 aromatic rings. The lowest BCUT2D eigenvalue weighted by Crippen LogP contribution is -2.06. The second kappa shape index (κ2) is 5.19. The zero-order valence-corrected chi connectivity index (χ0v) is 10.4. The van der Waals surface area contributed by atoms with Crippen LogP contribution in [0.15, 0.2) is 21.5 Å². The van der Waals surface area contributed by atoms with Gasteiger partial charge in [0.2, 0.25) is 0 Å². The summed E-state index contributed by atoms with van der Waals surface area (Å²) in [6.07, 6.45) is 0. The summed E-state index contributed by atoms with van der Waals surface area (Å²) in [5, 5.41) is 8.78. The maximum absolute atomic E-state index is 11.5. The molecule has 5 heteroatoms. The van der Waals surface area contributed by atoms with E-state index in [1.54, 1.807) is 13.0 Å². The number of ether oxygens (including phenoxy) is 1. The summed E-state index contributed by atoms with van der Waals surface area (Å²) in [5.74, 6) is -0.450. The minimum absolute atomic E-state index is 0.301. The Morgan fingerprint density at radius 3 is 2.87 bits per heavy atom. The van der Waals surface area contributed by atoms with E-state index in [0.717, 1.165) is 0 Å². The highest BCUT2D eigenvalue weighted by Crippen LogP contribution is 2.24. The van der Waals surface area contributed by atoms with Gasteiger partial charge in [0.05, 0.1) is 17.7 Å². The lowest BCUT2D eigenvalue weighted by Gasteiger charge is -2.05. The van der Waals surface area contributed by atoms with Crippen molar-refractivity contribution >= 4 is 34.5 Å². The molecule has 0 unspecified atom stereocenters. The van der Waals surface area contributed by atoms with Crippen LogP contribution in [-0.4, -0.2) is 12.6 Å². The molecule has 0 aromatic heterocycles. The smallest absolute Gasteiger partial charge is 0.339 e. The quantitative estimate of drug-likeness (QED) is 0.672. The van der Waals surface area contributed by atoms with Gasteiger partial charge in [-0.1, -0.05) is 0 Å². The molecule has 0 aliphatic carbocycles. The highest BCUT2D eigenvalue weighted by Gasteiger charge is 2.13. The van der Waals surface area contributed by atoms with Crippen LogP contribution in [0, 0.1) is 11.3 Å². The van der Waals surface area contributed by atoms with Gasteiger partial charge in [-0.15, -0.1) is 12.6 Å². The van der Waals surface area contributed by atoms with E-state index in [9.17, 15) is 4.79 Å². The highest BCUT2D eigenvalue weighted by atomic mass is 79.9. The first-order valence-corrected chi connectivity index (χ1v) is 5.44. The molecule has 0 fully saturated rings. The highest BCUT2D eigenvalue weighted by molar-refractivity contribution is 9.10. The van der Waals surface area contributed by atoms with Crippen molar-refractivity contribution in [2.75, 3.05) is 6.61 Å². The monoisotopic (exact) mass is 285 g/mol. The Hall–Kier alpha value is -0.990. The summed E-state index contributed by atoms with van der Waals surface area (Å²) < 4.78 is 5.42. The van der Waals surface area contributed by atoms with E-state index in [1.165, 1.54) is 6.07 Å². The Labute approximate surface area is 102 Å². The number of esters is 1. The van der Waals surface area contributed by atoms with E-state index in [2.05, 4.69) is 28.6 Å². The lowest BCUT2D eigenvalue weighted by molar-refractivity contribution is 0.0525. The third kappa shape index (κ3) is 2.74. The normalized spacial score (nSPS) is 9.47. The molecule has 0 aliphatic rings. The molecule has 0 amide bonds. The molecule has 0 radical (unpaired) electrons. The van der Waals surface area contributed by atoms with Gasteiger partial charge >= 0.3 is 5.97 Å². The predicted octanol–water partition coefficient (Wildman–Crippen LogP) is 2.79. The fourth-order valence-corrected chi connectivity index (χ4v) is 1.94. The molecular formula is C10H8BrNO2S. The van der Waals surface area contributed by atoms with Gasteiger partial charge in [-0.2, -0.15) is 5.26 Å². The number of halogens is 1. The molecule has 0 spiro atoms. The third-order valence-corrected chi connectivity index (χ3v) is 2.73. The summed E-state index contributed by atoms with van der Waals surface area (Å²) in [4.78, 5) is 12.0. The van der Waals surface area contributed by atoms with Crippen molar-refractivity contribution in [3.63, 3.8) is 0 Å². The first kappa shape index (κ1) is 12.1. The van der Waals surface area contributed by atoms with Crippen LogP contribution < -0.4 is 0 Å². The molecule has 0 heterocycles. The maximum Gasteiger partial charge on any atom is 0.339 e. The van der Waals surface area contributed by atoms with Gasteiger partial charge in [0.25, 0.3) is 0 Å². The van der Waals surface area contributed by atoms with E-state index >= 15 is 0 Å². The number of hydrogen-bond donors (Lipinski definition) is 1. The number of carbonyl (C=O) groups excluding carboxylic acids is 1. The van der Waals surface area contributed by atoms with E-state index in [4.69, 9.17) is 10.00 Å². The van der Waals surface area contributed by atoms with Crippen LogP contribution in [0.3, 0.4) is 0 Å². The Kier molecular flexibility index (Phi) is 4.18. The second-order valence-electron chi connectivity index (χ2n) is 2.68. The molecule has 0 N–H and O–H groups in total. The average Bonchev–Trinajstić information content (AvgIpc) is 2.18. The summed E-state index contributed by atoms with van der Waals surface area (Å²) in [7, 11) is 0. The van der Waals surface area contributed by atoms with Crippen molar-refractivity contribution < 1.29 is 9.53 Å². The topological polar surface area (TPSA) is 50.1 Å². The van der Waals surface area contributed by atoms with Crippen LogP contribution in [0.25, 0.3) is 0 Å². The summed E-state index contributed by atoms with van der Waals surface area (Å²) in [6, 6.07) is 5.02. The fourth-order valence-electron chi connectivity index (χ4n) is 1.02. The number of nitrogens with zero attached hydrogens (tertiary/aromatic N) is 1. The number of benzene rings is 1. The minimum Gasteiger partial charge on any atom is -0.462 e. The molecule has 1 rings (SSSR count). The molecule has 15 heavy (non-hydrogen) atoms. The summed E-state index contributed by atoms with van der Waals surface area (Å²) in [6.45, 7) is 2.03. The molecule has 1 aromatic carbocycles. The molecule has 78 valence electrons. The van der Waals surface area contributed by atoms with Gasteiger partial charge in [-0.3, -0.25) is 0 Å². The van der Waals surface area contributed by atoms with Crippen LogP contribution >= 0.6 is 28.6 Å². The summed E-state index contributed by atoms with van der Waals surface area (Å²) >= 11 is 7.33. The van der Waals surface area contributed by atoms with Crippen LogP contribution in [0.4, 0.5) is 0 Å². The van der Waals surface area contributed by atoms with Crippen LogP contribution in [0.1, 0.15) is 22.8 Å². The number of carbonyl (C=O) groups is 1. The number of thiol groups is 1. The summed E-state index contributed by atoms with van der Waals surface area (Å²) in [5.41, 5.74) is 0.691. The van der Waals surface area contributed by atoms with Crippen molar-refractivity contribution in [2.45, 2.75) is 11.8 Å². The fraction of sp³-hybridized carbons (Fsp3) is 0.200. The molecular weight excluding hydrogens is 278 g/mol. The maximum atomic E-state index is 11.5. The Morgan fingerprint density at radius 2 is 2.33 bits per heavy atom. The molecule has 0 aliphatic heterocycles. The number of rotatable bonds is 2. The standard InChI is InChI=1S/C10H8BrNO2S/c1-2-14-10(13)7-3-6(5-12)9(15)4-8(7)11/h3-4,15H,2H2,1H3. The molecule has 3 nitrogen and oxygen atoms in total. The van der Waals surface area contributed by atoms with Crippen LogP contribution in [0.5, 0.6) is 0 Å². The molecule has 0 saturated carbocycles. The number of nitriles is 1. The Bertz CT molecular complexity index is 440.